The smallest absolute Gasteiger partial charge is 0.325 e. The van der Waals surface area contributed by atoms with E-state index in [9.17, 15) is 9.59 Å². The number of carbonyl (C=O) groups excluding carboxylic acids is 2. The molecule has 0 spiro atoms. The predicted molar refractivity (Wildman–Crippen MR) is 74.5 cm³/mol. The average molecular weight is 267 g/mol. The van der Waals surface area contributed by atoms with E-state index in [0.717, 1.165) is 18.4 Å². The van der Waals surface area contributed by atoms with Crippen molar-refractivity contribution in [2.75, 3.05) is 19.7 Å². The molecule has 4 heteroatoms. The van der Waals surface area contributed by atoms with Crippen molar-refractivity contribution in [3.05, 3.63) is 12.2 Å². The number of carbonyl (C=O) groups is 2. The molecule has 0 aromatic rings. The van der Waals surface area contributed by atoms with Crippen LogP contribution in [0.2, 0.25) is 0 Å². The van der Waals surface area contributed by atoms with Crippen LogP contribution in [-0.4, -0.2) is 36.5 Å². The Bertz CT molecular complexity index is 376. The molecule has 1 amide bonds. The lowest BCUT2D eigenvalue weighted by atomic mass is 9.74. The molecule has 1 fully saturated rings. The number of likely N-dealkylation sites (tertiary alicyclic amines) is 1. The SMILES string of the molecule is C=C(C)C1(CC(C)C)CCN(CC(=O)OCC)C1=O. The molecule has 0 bridgehead atoms. The van der Waals surface area contributed by atoms with Crippen LogP contribution in [0.5, 0.6) is 0 Å². The van der Waals surface area contributed by atoms with E-state index in [0.29, 0.717) is 19.1 Å². The Labute approximate surface area is 115 Å². The number of rotatable bonds is 6. The zero-order valence-electron chi connectivity index (χ0n) is 12.5. The third-order valence-electron chi connectivity index (χ3n) is 3.70. The summed E-state index contributed by atoms with van der Waals surface area (Å²) in [5.74, 6) is 0.114. The zero-order chi connectivity index (χ0) is 14.6. The molecular formula is C15H25NO3. The van der Waals surface area contributed by atoms with Crippen molar-refractivity contribution in [2.24, 2.45) is 11.3 Å². The lowest BCUT2D eigenvalue weighted by molar-refractivity contribution is -0.149. The summed E-state index contributed by atoms with van der Waals surface area (Å²) in [5.41, 5.74) is 0.415. The van der Waals surface area contributed by atoms with Gasteiger partial charge in [-0.3, -0.25) is 9.59 Å². The van der Waals surface area contributed by atoms with Crippen molar-refractivity contribution in [2.45, 2.75) is 40.5 Å². The van der Waals surface area contributed by atoms with Crippen LogP contribution in [0.1, 0.15) is 40.5 Å². The standard InChI is InChI=1S/C15H25NO3/c1-6-19-13(17)10-16-8-7-15(12(4)5,14(16)18)9-11(2)3/h11H,4,6-10H2,1-3,5H3. The van der Waals surface area contributed by atoms with Crippen LogP contribution in [0.4, 0.5) is 0 Å². The maximum Gasteiger partial charge on any atom is 0.325 e. The summed E-state index contributed by atoms with van der Waals surface area (Å²) in [6.45, 7) is 12.9. The van der Waals surface area contributed by atoms with Gasteiger partial charge in [0.25, 0.3) is 0 Å². The number of hydrogen-bond acceptors (Lipinski definition) is 3. The second kappa shape index (κ2) is 6.22. The van der Waals surface area contributed by atoms with E-state index >= 15 is 0 Å². The summed E-state index contributed by atoms with van der Waals surface area (Å²) < 4.78 is 4.91. The summed E-state index contributed by atoms with van der Waals surface area (Å²) in [7, 11) is 0. The van der Waals surface area contributed by atoms with Gasteiger partial charge in [-0.05, 0) is 32.6 Å². The van der Waals surface area contributed by atoms with Crippen LogP contribution in [0, 0.1) is 11.3 Å². The average Bonchev–Trinajstić information content (AvgIpc) is 2.58. The molecule has 0 radical (unpaired) electrons. The molecule has 1 saturated heterocycles. The highest BCUT2D eigenvalue weighted by Crippen LogP contribution is 2.43. The van der Waals surface area contributed by atoms with Crippen LogP contribution in [-0.2, 0) is 14.3 Å². The van der Waals surface area contributed by atoms with Gasteiger partial charge in [-0.1, -0.05) is 26.0 Å². The number of nitrogens with zero attached hydrogens (tertiary/aromatic N) is 1. The van der Waals surface area contributed by atoms with E-state index in [2.05, 4.69) is 20.4 Å². The summed E-state index contributed by atoms with van der Waals surface area (Å²) in [5, 5.41) is 0. The van der Waals surface area contributed by atoms with Gasteiger partial charge in [-0.25, -0.2) is 0 Å². The van der Waals surface area contributed by atoms with Gasteiger partial charge in [-0.2, -0.15) is 0 Å². The summed E-state index contributed by atoms with van der Waals surface area (Å²) >= 11 is 0. The van der Waals surface area contributed by atoms with Gasteiger partial charge < -0.3 is 9.64 Å². The molecule has 0 aliphatic carbocycles. The molecule has 1 aliphatic rings. The normalized spacial score (nSPS) is 23.0. The number of ether oxygens (including phenoxy) is 1. The third-order valence-corrected chi connectivity index (χ3v) is 3.70. The van der Waals surface area contributed by atoms with Gasteiger partial charge in [0.1, 0.15) is 6.54 Å². The van der Waals surface area contributed by atoms with Gasteiger partial charge in [0.2, 0.25) is 5.91 Å². The van der Waals surface area contributed by atoms with Crippen molar-refractivity contribution in [3.8, 4) is 0 Å². The summed E-state index contributed by atoms with van der Waals surface area (Å²) in [6.07, 6.45) is 1.54. The Morgan fingerprint density at radius 2 is 2.16 bits per heavy atom. The fourth-order valence-electron chi connectivity index (χ4n) is 2.81. The molecule has 0 saturated carbocycles. The van der Waals surface area contributed by atoms with Gasteiger partial charge in [-0.15, -0.1) is 0 Å². The molecule has 1 aliphatic heterocycles. The molecule has 1 rings (SSSR count). The quantitative estimate of drug-likeness (QED) is 0.548. The third kappa shape index (κ3) is 3.37. The minimum Gasteiger partial charge on any atom is -0.465 e. The minimum absolute atomic E-state index is 0.0294. The summed E-state index contributed by atoms with van der Waals surface area (Å²) in [4.78, 5) is 25.7. The highest BCUT2D eigenvalue weighted by atomic mass is 16.5. The number of amides is 1. The first-order chi connectivity index (χ1) is 8.83. The van der Waals surface area contributed by atoms with E-state index in [1.54, 1.807) is 11.8 Å². The molecule has 1 atom stereocenters. The fourth-order valence-corrected chi connectivity index (χ4v) is 2.81. The minimum atomic E-state index is -0.485. The fraction of sp³-hybridized carbons (Fsp3) is 0.733. The largest absolute Gasteiger partial charge is 0.465 e. The van der Waals surface area contributed by atoms with E-state index in [-0.39, 0.29) is 18.4 Å². The van der Waals surface area contributed by atoms with E-state index in [1.165, 1.54) is 0 Å². The van der Waals surface area contributed by atoms with Gasteiger partial charge in [0.15, 0.2) is 0 Å². The Balaban J connectivity index is 2.81. The zero-order valence-corrected chi connectivity index (χ0v) is 12.5. The van der Waals surface area contributed by atoms with Crippen molar-refractivity contribution in [3.63, 3.8) is 0 Å². The highest BCUT2D eigenvalue weighted by Gasteiger charge is 2.47. The van der Waals surface area contributed by atoms with Crippen molar-refractivity contribution < 1.29 is 14.3 Å². The number of esters is 1. The van der Waals surface area contributed by atoms with Gasteiger partial charge >= 0.3 is 5.97 Å². The van der Waals surface area contributed by atoms with Crippen molar-refractivity contribution in [1.82, 2.24) is 4.90 Å². The van der Waals surface area contributed by atoms with Crippen LogP contribution >= 0.6 is 0 Å². The molecule has 108 valence electrons. The van der Waals surface area contributed by atoms with Crippen molar-refractivity contribution in [1.29, 1.82) is 0 Å². The van der Waals surface area contributed by atoms with Gasteiger partial charge in [0, 0.05) is 6.54 Å². The van der Waals surface area contributed by atoms with E-state index < -0.39 is 5.41 Å². The number of hydrogen-bond donors (Lipinski definition) is 0. The molecule has 19 heavy (non-hydrogen) atoms. The Kier molecular flexibility index (Phi) is 5.15. The van der Waals surface area contributed by atoms with E-state index in [4.69, 9.17) is 4.74 Å². The Morgan fingerprint density at radius 1 is 1.53 bits per heavy atom. The van der Waals surface area contributed by atoms with Gasteiger partial charge in [0.05, 0.1) is 12.0 Å². The summed E-state index contributed by atoms with van der Waals surface area (Å²) in [6, 6.07) is 0. The molecule has 1 unspecified atom stereocenters. The molecule has 0 N–H and O–H groups in total. The Morgan fingerprint density at radius 3 is 2.63 bits per heavy atom. The van der Waals surface area contributed by atoms with Crippen LogP contribution in [0.15, 0.2) is 12.2 Å². The Hall–Kier alpha value is -1.32. The lowest BCUT2D eigenvalue weighted by Crippen LogP contribution is -2.39. The van der Waals surface area contributed by atoms with Crippen LogP contribution in [0.3, 0.4) is 0 Å². The maximum atomic E-state index is 12.6. The van der Waals surface area contributed by atoms with E-state index in [1.807, 2.05) is 6.92 Å². The first-order valence-electron chi connectivity index (χ1n) is 6.94. The molecule has 0 aromatic carbocycles. The molecule has 1 heterocycles. The topological polar surface area (TPSA) is 46.6 Å². The molecular weight excluding hydrogens is 242 g/mol. The monoisotopic (exact) mass is 267 g/mol. The first-order valence-corrected chi connectivity index (χ1v) is 6.94. The molecule has 0 aromatic heterocycles. The van der Waals surface area contributed by atoms with Crippen LogP contribution < -0.4 is 0 Å². The maximum absolute atomic E-state index is 12.6. The first kappa shape index (κ1) is 15.7. The highest BCUT2D eigenvalue weighted by molar-refractivity contribution is 5.90. The second-order valence-electron chi connectivity index (χ2n) is 5.74. The van der Waals surface area contributed by atoms with Crippen molar-refractivity contribution >= 4 is 11.9 Å². The molecule has 4 nitrogen and oxygen atoms in total. The second-order valence-corrected chi connectivity index (χ2v) is 5.74. The van der Waals surface area contributed by atoms with Crippen LogP contribution in [0.25, 0.3) is 0 Å². The predicted octanol–water partition coefficient (Wildman–Crippen LogP) is 2.39. The lowest BCUT2D eigenvalue weighted by Gasteiger charge is -2.30.